The number of likely N-dealkylation sites (tertiary alicyclic amines) is 1. The Bertz CT molecular complexity index is 460. The summed E-state index contributed by atoms with van der Waals surface area (Å²) >= 11 is 0. The lowest BCUT2D eigenvalue weighted by Crippen LogP contribution is -2.46. The van der Waals surface area contributed by atoms with Crippen LogP contribution in [0.1, 0.15) is 52.4 Å². The Morgan fingerprint density at radius 1 is 1.17 bits per heavy atom. The molecule has 130 valence electrons. The third-order valence-corrected chi connectivity index (χ3v) is 5.19. The number of rotatable bonds is 5. The zero-order valence-electron chi connectivity index (χ0n) is 14.1. The number of hydrogen-bond acceptors (Lipinski definition) is 3. The number of nitrogens with zero attached hydrogens (tertiary/aromatic N) is 1. The molecule has 1 unspecified atom stereocenters. The molecular weight excluding hydrogens is 296 g/mol. The molecule has 6 nitrogen and oxygen atoms in total. The molecule has 2 fully saturated rings. The number of aliphatic carboxylic acids is 1. The summed E-state index contributed by atoms with van der Waals surface area (Å²) < 4.78 is 0. The maximum absolute atomic E-state index is 12.4. The molecule has 1 saturated heterocycles. The fourth-order valence-electron chi connectivity index (χ4n) is 3.76. The monoisotopic (exact) mass is 324 g/mol. The highest BCUT2D eigenvalue weighted by atomic mass is 16.4. The molecule has 0 bridgehead atoms. The summed E-state index contributed by atoms with van der Waals surface area (Å²) in [5.74, 6) is -1.24. The van der Waals surface area contributed by atoms with E-state index < -0.39 is 17.9 Å². The highest BCUT2D eigenvalue weighted by molar-refractivity contribution is 5.88. The Morgan fingerprint density at radius 2 is 1.83 bits per heavy atom. The van der Waals surface area contributed by atoms with Gasteiger partial charge < -0.3 is 15.3 Å². The van der Waals surface area contributed by atoms with Crippen molar-refractivity contribution in [2.24, 2.45) is 17.8 Å². The van der Waals surface area contributed by atoms with Crippen molar-refractivity contribution in [3.63, 3.8) is 0 Å². The zero-order chi connectivity index (χ0) is 17.0. The zero-order valence-corrected chi connectivity index (χ0v) is 14.1. The first kappa shape index (κ1) is 17.8. The topological polar surface area (TPSA) is 86.7 Å². The van der Waals surface area contributed by atoms with Crippen molar-refractivity contribution in [2.45, 2.75) is 58.4 Å². The third-order valence-electron chi connectivity index (χ3n) is 5.19. The third kappa shape index (κ3) is 4.69. The van der Waals surface area contributed by atoms with Crippen LogP contribution >= 0.6 is 0 Å². The van der Waals surface area contributed by atoms with Crippen LogP contribution in [0.15, 0.2) is 0 Å². The molecule has 1 heterocycles. The molecule has 0 aromatic rings. The van der Waals surface area contributed by atoms with E-state index in [1.807, 2.05) is 6.92 Å². The summed E-state index contributed by atoms with van der Waals surface area (Å²) in [6.45, 7) is 4.20. The summed E-state index contributed by atoms with van der Waals surface area (Å²) in [6.07, 6.45) is 6.32. The average Bonchev–Trinajstić information content (AvgIpc) is 2.89. The molecule has 2 rings (SSSR count). The molecule has 0 aromatic carbocycles. The molecule has 2 amide bonds. The van der Waals surface area contributed by atoms with E-state index in [0.717, 1.165) is 12.8 Å². The normalized spacial score (nSPS) is 26.8. The molecule has 0 aromatic heterocycles. The van der Waals surface area contributed by atoms with Gasteiger partial charge in [-0.3, -0.25) is 14.4 Å². The molecule has 2 N–H and O–H groups in total. The molecule has 23 heavy (non-hydrogen) atoms. The van der Waals surface area contributed by atoms with E-state index in [2.05, 4.69) is 5.32 Å². The smallest absolute Gasteiger partial charge is 0.308 e. The van der Waals surface area contributed by atoms with Gasteiger partial charge in [0.25, 0.3) is 0 Å². The van der Waals surface area contributed by atoms with Crippen LogP contribution in [0.2, 0.25) is 0 Å². The van der Waals surface area contributed by atoms with Gasteiger partial charge in [0.15, 0.2) is 0 Å². The molecule has 0 spiro atoms. The number of nitrogens with one attached hydrogen (secondary N) is 1. The van der Waals surface area contributed by atoms with Crippen LogP contribution < -0.4 is 5.32 Å². The van der Waals surface area contributed by atoms with Gasteiger partial charge in [-0.05, 0) is 31.6 Å². The van der Waals surface area contributed by atoms with E-state index in [1.54, 1.807) is 11.8 Å². The maximum Gasteiger partial charge on any atom is 0.308 e. The SMILES string of the molecule is CC(NC(=O)CC1CCCCC1)C(=O)N1C[C@@H](C)[C@H](C(=O)O)C1. The quantitative estimate of drug-likeness (QED) is 0.805. The predicted octanol–water partition coefficient (Wildman–Crippen LogP) is 1.64. The minimum Gasteiger partial charge on any atom is -0.481 e. The first-order chi connectivity index (χ1) is 10.9. The van der Waals surface area contributed by atoms with Crippen LogP contribution in [0.5, 0.6) is 0 Å². The fourth-order valence-corrected chi connectivity index (χ4v) is 3.76. The molecule has 1 aliphatic heterocycles. The van der Waals surface area contributed by atoms with E-state index in [0.29, 0.717) is 18.9 Å². The molecule has 6 heteroatoms. The van der Waals surface area contributed by atoms with Crippen molar-refractivity contribution < 1.29 is 19.5 Å². The van der Waals surface area contributed by atoms with Gasteiger partial charge in [0.2, 0.25) is 11.8 Å². The van der Waals surface area contributed by atoms with E-state index in [1.165, 1.54) is 19.3 Å². The highest BCUT2D eigenvalue weighted by Gasteiger charge is 2.38. The summed E-state index contributed by atoms with van der Waals surface area (Å²) in [5.41, 5.74) is 0. The van der Waals surface area contributed by atoms with Crippen molar-refractivity contribution in [1.82, 2.24) is 10.2 Å². The molecular formula is C17H28N2O4. The maximum atomic E-state index is 12.4. The Balaban J connectivity index is 1.80. The van der Waals surface area contributed by atoms with E-state index in [4.69, 9.17) is 5.11 Å². The lowest BCUT2D eigenvalue weighted by molar-refractivity contribution is -0.142. The fraction of sp³-hybridized carbons (Fsp3) is 0.824. The van der Waals surface area contributed by atoms with Crippen LogP contribution in [0.3, 0.4) is 0 Å². The number of carboxylic acid groups (broad SMARTS) is 1. The summed E-state index contributed by atoms with van der Waals surface area (Å²) in [4.78, 5) is 37.2. The van der Waals surface area contributed by atoms with Crippen LogP contribution in [-0.2, 0) is 14.4 Å². The molecule has 1 saturated carbocycles. The van der Waals surface area contributed by atoms with E-state index in [-0.39, 0.29) is 24.3 Å². The van der Waals surface area contributed by atoms with Crippen LogP contribution in [0.25, 0.3) is 0 Å². The summed E-state index contributed by atoms with van der Waals surface area (Å²) in [5, 5.41) is 11.9. The Morgan fingerprint density at radius 3 is 2.39 bits per heavy atom. The van der Waals surface area contributed by atoms with Gasteiger partial charge in [0.1, 0.15) is 6.04 Å². The Hall–Kier alpha value is -1.59. The Kier molecular flexibility index (Phi) is 6.02. The first-order valence-electron chi connectivity index (χ1n) is 8.69. The molecule has 2 aliphatic rings. The van der Waals surface area contributed by atoms with E-state index in [9.17, 15) is 14.4 Å². The van der Waals surface area contributed by atoms with Crippen LogP contribution in [-0.4, -0.2) is 46.9 Å². The number of hydrogen-bond donors (Lipinski definition) is 2. The first-order valence-corrected chi connectivity index (χ1v) is 8.69. The summed E-state index contributed by atoms with van der Waals surface area (Å²) in [7, 11) is 0. The second-order valence-electron chi connectivity index (χ2n) is 7.16. The molecule has 3 atom stereocenters. The van der Waals surface area contributed by atoms with Gasteiger partial charge in [-0.1, -0.05) is 26.2 Å². The van der Waals surface area contributed by atoms with Gasteiger partial charge in [-0.15, -0.1) is 0 Å². The lowest BCUT2D eigenvalue weighted by Gasteiger charge is -2.24. The summed E-state index contributed by atoms with van der Waals surface area (Å²) in [6, 6.07) is -0.592. The average molecular weight is 324 g/mol. The van der Waals surface area contributed by atoms with Crippen molar-refractivity contribution in [3.05, 3.63) is 0 Å². The minimum absolute atomic E-state index is 0.0541. The van der Waals surface area contributed by atoms with Gasteiger partial charge in [-0.25, -0.2) is 0 Å². The second kappa shape index (κ2) is 7.79. The number of carbonyl (C=O) groups is 3. The molecule has 0 radical (unpaired) electrons. The van der Waals surface area contributed by atoms with Gasteiger partial charge in [0, 0.05) is 19.5 Å². The van der Waals surface area contributed by atoms with Crippen molar-refractivity contribution in [1.29, 1.82) is 0 Å². The van der Waals surface area contributed by atoms with Crippen molar-refractivity contribution in [3.8, 4) is 0 Å². The largest absolute Gasteiger partial charge is 0.481 e. The second-order valence-corrected chi connectivity index (χ2v) is 7.16. The van der Waals surface area contributed by atoms with Crippen LogP contribution in [0, 0.1) is 17.8 Å². The standard InChI is InChI=1S/C17H28N2O4/c1-11-9-19(10-14(11)17(22)23)16(21)12(2)18-15(20)8-13-6-4-3-5-7-13/h11-14H,3-10H2,1-2H3,(H,18,20)(H,22,23)/t11-,12?,14-/m1/s1. The van der Waals surface area contributed by atoms with E-state index >= 15 is 0 Å². The van der Waals surface area contributed by atoms with Gasteiger partial charge in [-0.2, -0.15) is 0 Å². The van der Waals surface area contributed by atoms with Crippen LogP contribution in [0.4, 0.5) is 0 Å². The van der Waals surface area contributed by atoms with Gasteiger partial charge >= 0.3 is 5.97 Å². The Labute approximate surface area is 137 Å². The number of carboxylic acids is 1. The predicted molar refractivity (Wildman–Crippen MR) is 85.7 cm³/mol. The number of carbonyl (C=O) groups excluding carboxylic acids is 2. The van der Waals surface area contributed by atoms with Gasteiger partial charge in [0.05, 0.1) is 5.92 Å². The molecule has 1 aliphatic carbocycles. The van der Waals surface area contributed by atoms with Crippen molar-refractivity contribution in [2.75, 3.05) is 13.1 Å². The highest BCUT2D eigenvalue weighted by Crippen LogP contribution is 2.26. The number of amides is 2. The lowest BCUT2D eigenvalue weighted by atomic mass is 9.87. The minimum atomic E-state index is -0.859. The van der Waals surface area contributed by atoms with Crippen molar-refractivity contribution >= 4 is 17.8 Å².